The Balaban J connectivity index is 2.22. The van der Waals surface area contributed by atoms with Crippen LogP contribution in [0.2, 0.25) is 10.0 Å². The highest BCUT2D eigenvalue weighted by atomic mass is 35.5. The number of fused-ring (bicyclic) bond motifs is 1. The van der Waals surface area contributed by atoms with Gasteiger partial charge in [-0.25, -0.2) is 9.78 Å². The van der Waals surface area contributed by atoms with Crippen molar-refractivity contribution < 1.29 is 23.1 Å². The molecule has 0 bridgehead atoms. The molecule has 2 heterocycles. The Bertz CT molecular complexity index is 820. The summed E-state index contributed by atoms with van der Waals surface area (Å²) in [6.45, 7) is -0.400. The molecule has 0 fully saturated rings. The zero-order chi connectivity index (χ0) is 17.6. The number of hydrogen-bond donors (Lipinski definition) is 1. The molecule has 0 radical (unpaired) electrons. The van der Waals surface area contributed by atoms with Gasteiger partial charge < -0.3 is 14.6 Å². The van der Waals surface area contributed by atoms with E-state index in [-0.39, 0.29) is 46.6 Å². The molecule has 24 heavy (non-hydrogen) atoms. The van der Waals surface area contributed by atoms with Crippen LogP contribution >= 0.6 is 23.2 Å². The van der Waals surface area contributed by atoms with E-state index in [0.29, 0.717) is 0 Å². The topological polar surface area (TPSA) is 58.4 Å². The van der Waals surface area contributed by atoms with Gasteiger partial charge in [0.05, 0.1) is 28.0 Å². The maximum Gasteiger partial charge on any atom is 0.449 e. The van der Waals surface area contributed by atoms with Crippen molar-refractivity contribution in [2.24, 2.45) is 0 Å². The second-order valence-corrected chi connectivity index (χ2v) is 5.97. The van der Waals surface area contributed by atoms with Gasteiger partial charge in [-0.2, -0.15) is 13.2 Å². The summed E-state index contributed by atoms with van der Waals surface area (Å²) in [7, 11) is 0. The van der Waals surface area contributed by atoms with Gasteiger partial charge in [-0.15, -0.1) is 0 Å². The van der Waals surface area contributed by atoms with Crippen molar-refractivity contribution in [3.63, 3.8) is 0 Å². The van der Waals surface area contributed by atoms with Gasteiger partial charge in [-0.1, -0.05) is 35.3 Å². The largest absolute Gasteiger partial charge is 0.465 e. The van der Waals surface area contributed by atoms with Gasteiger partial charge in [-0.3, -0.25) is 0 Å². The zero-order valence-corrected chi connectivity index (χ0v) is 13.5. The fourth-order valence-electron chi connectivity index (χ4n) is 2.65. The number of aromatic nitrogens is 2. The van der Waals surface area contributed by atoms with Gasteiger partial charge in [0.25, 0.3) is 0 Å². The van der Waals surface area contributed by atoms with E-state index in [4.69, 9.17) is 28.3 Å². The number of alkyl halides is 3. The van der Waals surface area contributed by atoms with Gasteiger partial charge in [-0.05, 0) is 6.07 Å². The second-order valence-electron chi connectivity index (χ2n) is 5.19. The smallest absolute Gasteiger partial charge is 0.449 e. The first-order chi connectivity index (χ1) is 11.2. The van der Waals surface area contributed by atoms with E-state index in [0.717, 1.165) is 9.47 Å². The third-order valence-corrected chi connectivity index (χ3v) is 4.56. The lowest BCUT2D eigenvalue weighted by Crippen LogP contribution is -2.38. The van der Waals surface area contributed by atoms with Crippen LogP contribution in [0.3, 0.4) is 0 Å². The third kappa shape index (κ3) is 2.80. The molecule has 5 nitrogen and oxygen atoms in total. The SMILES string of the molecule is O=C(O)N1CCn2c(C(F)(F)F)nc(-c3cccc(Cl)c3Cl)c2C1. The average molecular weight is 380 g/mol. The minimum atomic E-state index is -4.66. The van der Waals surface area contributed by atoms with Crippen LogP contribution < -0.4 is 0 Å². The first-order valence-corrected chi connectivity index (χ1v) is 7.54. The maximum atomic E-state index is 13.3. The van der Waals surface area contributed by atoms with Gasteiger partial charge in [0.2, 0.25) is 5.82 Å². The predicted octanol–water partition coefficient (Wildman–Crippen LogP) is 4.37. The maximum absolute atomic E-state index is 13.3. The predicted molar refractivity (Wildman–Crippen MR) is 81.1 cm³/mol. The number of imidazole rings is 1. The summed E-state index contributed by atoms with van der Waals surface area (Å²) in [6, 6.07) is 4.54. The molecule has 3 rings (SSSR count). The lowest BCUT2D eigenvalue weighted by Gasteiger charge is -2.27. The van der Waals surface area contributed by atoms with Crippen molar-refractivity contribution >= 4 is 29.3 Å². The molecular formula is C14H10Cl2F3N3O2. The first kappa shape index (κ1) is 16.9. The molecule has 1 aromatic heterocycles. The van der Waals surface area contributed by atoms with E-state index in [1.54, 1.807) is 6.07 Å². The standard InChI is InChI=1S/C14H10Cl2F3N3O2/c15-8-3-1-2-7(10(8)16)11-9-6-21(13(23)24)4-5-22(9)12(20-11)14(17,18)19/h1-3H,4-6H2,(H,23,24). The quantitative estimate of drug-likeness (QED) is 0.800. The van der Waals surface area contributed by atoms with Crippen molar-refractivity contribution in [1.29, 1.82) is 0 Å². The fourth-order valence-corrected chi connectivity index (χ4v) is 3.04. The number of amides is 1. The normalized spacial score (nSPS) is 14.6. The Morgan fingerprint density at radius 1 is 1.25 bits per heavy atom. The second kappa shape index (κ2) is 5.86. The van der Waals surface area contributed by atoms with Crippen LogP contribution in [0.5, 0.6) is 0 Å². The summed E-state index contributed by atoms with van der Waals surface area (Å²) < 4.78 is 40.8. The van der Waals surface area contributed by atoms with Crippen LogP contribution in [0.4, 0.5) is 18.0 Å². The number of benzene rings is 1. The van der Waals surface area contributed by atoms with E-state index in [1.807, 2.05) is 0 Å². The van der Waals surface area contributed by atoms with Crippen molar-refractivity contribution in [2.75, 3.05) is 6.54 Å². The minimum absolute atomic E-state index is 0.0132. The Labute approximate surface area is 144 Å². The molecule has 128 valence electrons. The van der Waals surface area contributed by atoms with Crippen LogP contribution in [0, 0.1) is 0 Å². The monoisotopic (exact) mass is 379 g/mol. The molecule has 0 aliphatic carbocycles. The van der Waals surface area contributed by atoms with Crippen LogP contribution in [-0.4, -0.2) is 32.2 Å². The Morgan fingerprint density at radius 2 is 1.96 bits per heavy atom. The summed E-state index contributed by atoms with van der Waals surface area (Å²) in [5.74, 6) is -1.08. The zero-order valence-electron chi connectivity index (χ0n) is 11.9. The molecule has 1 aliphatic heterocycles. The third-order valence-electron chi connectivity index (χ3n) is 3.74. The number of carbonyl (C=O) groups is 1. The first-order valence-electron chi connectivity index (χ1n) is 6.79. The van der Waals surface area contributed by atoms with E-state index in [2.05, 4.69) is 4.98 Å². The summed E-state index contributed by atoms with van der Waals surface area (Å²) in [4.78, 5) is 15.9. The van der Waals surface area contributed by atoms with E-state index >= 15 is 0 Å². The molecule has 0 unspecified atom stereocenters. The van der Waals surface area contributed by atoms with Crippen molar-refractivity contribution in [2.45, 2.75) is 19.3 Å². The van der Waals surface area contributed by atoms with E-state index in [9.17, 15) is 18.0 Å². The van der Waals surface area contributed by atoms with Crippen LogP contribution in [0.1, 0.15) is 11.5 Å². The van der Waals surface area contributed by atoms with E-state index < -0.39 is 18.1 Å². The molecule has 0 atom stereocenters. The Kier molecular flexibility index (Phi) is 4.13. The van der Waals surface area contributed by atoms with Crippen LogP contribution in [-0.2, 0) is 19.3 Å². The van der Waals surface area contributed by atoms with Crippen molar-refractivity contribution in [1.82, 2.24) is 14.5 Å². The van der Waals surface area contributed by atoms with E-state index in [1.165, 1.54) is 12.1 Å². The van der Waals surface area contributed by atoms with Crippen molar-refractivity contribution in [3.05, 3.63) is 39.8 Å². The summed E-state index contributed by atoms with van der Waals surface area (Å²) >= 11 is 12.0. The molecule has 2 aromatic rings. The molecule has 0 spiro atoms. The number of hydrogen-bond acceptors (Lipinski definition) is 2. The highest BCUT2D eigenvalue weighted by Gasteiger charge is 2.41. The summed E-state index contributed by atoms with van der Waals surface area (Å²) in [5.41, 5.74) is 0.358. The average Bonchev–Trinajstić information content (AvgIpc) is 2.88. The highest BCUT2D eigenvalue weighted by Crippen LogP contribution is 2.39. The molecule has 1 N–H and O–H groups in total. The molecule has 1 aromatic carbocycles. The fraction of sp³-hybridized carbons (Fsp3) is 0.286. The number of carboxylic acid groups (broad SMARTS) is 1. The molecule has 1 amide bonds. The van der Waals surface area contributed by atoms with Gasteiger partial charge in [0.15, 0.2) is 0 Å². The number of rotatable bonds is 1. The Hall–Kier alpha value is -1.93. The molecule has 10 heteroatoms. The Morgan fingerprint density at radius 3 is 2.58 bits per heavy atom. The van der Waals surface area contributed by atoms with Crippen molar-refractivity contribution in [3.8, 4) is 11.3 Å². The molecule has 0 saturated heterocycles. The lowest BCUT2D eigenvalue weighted by molar-refractivity contribution is -0.147. The van der Waals surface area contributed by atoms with Crippen LogP contribution in [0.25, 0.3) is 11.3 Å². The highest BCUT2D eigenvalue weighted by molar-refractivity contribution is 6.43. The minimum Gasteiger partial charge on any atom is -0.465 e. The number of nitrogens with zero attached hydrogens (tertiary/aromatic N) is 3. The van der Waals surface area contributed by atoms with Gasteiger partial charge in [0.1, 0.15) is 0 Å². The molecular weight excluding hydrogens is 370 g/mol. The van der Waals surface area contributed by atoms with Gasteiger partial charge in [0, 0.05) is 18.7 Å². The lowest BCUT2D eigenvalue weighted by atomic mass is 10.1. The molecule has 0 saturated carbocycles. The van der Waals surface area contributed by atoms with Gasteiger partial charge >= 0.3 is 12.3 Å². The molecule has 1 aliphatic rings. The summed E-state index contributed by atoms with van der Waals surface area (Å²) in [5, 5.41) is 9.36. The summed E-state index contributed by atoms with van der Waals surface area (Å²) in [6.07, 6.45) is -5.87. The van der Waals surface area contributed by atoms with Crippen LogP contribution in [0.15, 0.2) is 18.2 Å². The number of halogens is 5.